The number of hydrogen-bond donors (Lipinski definition) is 1. The van der Waals surface area contributed by atoms with Crippen molar-refractivity contribution in [1.82, 2.24) is 0 Å². The molecule has 59 heavy (non-hydrogen) atoms. The Hall–Kier alpha value is -2.01. The van der Waals surface area contributed by atoms with Crippen molar-refractivity contribution in [2.24, 2.45) is 80.3 Å². The molecule has 6 saturated carbocycles. The highest BCUT2D eigenvalue weighted by Gasteiger charge is 2.73. The molecule has 4 saturated heterocycles. The third-order valence-corrected chi connectivity index (χ3v) is 20.6. The van der Waals surface area contributed by atoms with Crippen molar-refractivity contribution in [3.63, 3.8) is 0 Å². The van der Waals surface area contributed by atoms with Crippen LogP contribution in [0.4, 0.5) is 0 Å². The average Bonchev–Trinajstić information content (AvgIpc) is 3.44. The number of allylic oxidation sites excluding steroid dienone is 1. The predicted molar refractivity (Wildman–Crippen MR) is 219 cm³/mol. The van der Waals surface area contributed by atoms with Gasteiger partial charge in [-0.15, -0.1) is 0 Å². The van der Waals surface area contributed by atoms with Crippen LogP contribution in [0.3, 0.4) is 0 Å². The molecule has 10 rings (SSSR count). The largest absolute Gasteiger partial charge is 0.481 e. The predicted octanol–water partition coefficient (Wildman–Crippen LogP) is 10.2. The Balaban J connectivity index is 0.839. The molecule has 0 unspecified atom stereocenters. The minimum Gasteiger partial charge on any atom is -0.481 e. The number of carboxylic acids is 1. The molecule has 10 fully saturated rings. The fourth-order valence-electron chi connectivity index (χ4n) is 17.3. The number of hydrogen-bond acceptors (Lipinski definition) is 9. The smallest absolute Gasteiger partial charge is 0.309 e. The first kappa shape index (κ1) is 42.3. The Bertz CT molecular complexity index is 1740. The van der Waals surface area contributed by atoms with Crippen molar-refractivity contribution in [3.8, 4) is 0 Å². The molecular weight excluding hydrogens is 749 g/mol. The molecule has 0 aromatic heterocycles. The number of aliphatic carboxylic acids is 1. The monoisotopic (exact) mass is 823 g/mol. The third-order valence-electron chi connectivity index (χ3n) is 20.6. The average molecular weight is 823 g/mol. The summed E-state index contributed by atoms with van der Waals surface area (Å²) in [5.41, 5.74) is -0.164. The number of ether oxygens (including phenoxy) is 4. The van der Waals surface area contributed by atoms with Crippen LogP contribution in [-0.4, -0.2) is 53.1 Å². The molecule has 10 aliphatic rings. The van der Waals surface area contributed by atoms with Gasteiger partial charge in [-0.25, -0.2) is 9.78 Å². The lowest BCUT2D eigenvalue weighted by atomic mass is 9.32. The van der Waals surface area contributed by atoms with Gasteiger partial charge < -0.3 is 24.1 Å². The van der Waals surface area contributed by atoms with E-state index in [1.807, 2.05) is 6.92 Å². The lowest BCUT2D eigenvalue weighted by Crippen LogP contribution is -2.70. The lowest BCUT2D eigenvalue weighted by molar-refractivity contribution is -0.576. The number of carboxylic acid groups (broad SMARTS) is 1. The second-order valence-electron chi connectivity index (χ2n) is 23.2. The maximum absolute atomic E-state index is 13.6. The van der Waals surface area contributed by atoms with Crippen molar-refractivity contribution in [2.45, 2.75) is 195 Å². The van der Waals surface area contributed by atoms with Crippen molar-refractivity contribution < 1.29 is 48.2 Å². The summed E-state index contributed by atoms with van der Waals surface area (Å²) in [6, 6.07) is 0. The summed E-state index contributed by atoms with van der Waals surface area (Å²) < 4.78 is 25.2. The van der Waals surface area contributed by atoms with Crippen LogP contribution in [0, 0.1) is 80.3 Å². The van der Waals surface area contributed by atoms with Gasteiger partial charge in [-0.05, 0) is 155 Å². The van der Waals surface area contributed by atoms with Gasteiger partial charge in [0.25, 0.3) is 0 Å². The molecule has 1 N–H and O–H groups in total. The van der Waals surface area contributed by atoms with E-state index in [9.17, 15) is 19.5 Å². The van der Waals surface area contributed by atoms with Gasteiger partial charge in [0, 0.05) is 23.7 Å². The van der Waals surface area contributed by atoms with E-state index in [4.69, 9.17) is 28.7 Å². The van der Waals surface area contributed by atoms with Gasteiger partial charge in [0.2, 0.25) is 12.1 Å². The maximum Gasteiger partial charge on any atom is 0.309 e. The number of carbonyl (C=O) groups is 3. The van der Waals surface area contributed by atoms with E-state index < -0.39 is 41.3 Å². The molecule has 10 nitrogen and oxygen atoms in total. The normalized spacial score (nSPS) is 53.0. The molecule has 0 amide bonds. The number of fused-ring (bicyclic) bond motifs is 9. The topological polar surface area (TPSA) is 127 Å². The highest BCUT2D eigenvalue weighted by atomic mass is 17.3. The van der Waals surface area contributed by atoms with Gasteiger partial charge >= 0.3 is 17.9 Å². The van der Waals surface area contributed by atoms with E-state index >= 15 is 0 Å². The van der Waals surface area contributed by atoms with Crippen LogP contribution in [0.2, 0.25) is 0 Å². The SMILES string of the molecule is C=C(C)[C@@H]1CC[C@]2(C(=O)O)CC[C@]3(C)[C@H](CC[C@@H]4[C@@]5(C)CC[C@H](OC(=O)CCC(=O)O[C@@H]6O[C@@H]7O[C@@]8(C)CC[C@H]9[C@H](C)CC[C@@H]([C@H]6C)[C@@]79OO8)C(C)(C)[C@@H]5CC[C@]43C)[C@@H]12. The summed E-state index contributed by atoms with van der Waals surface area (Å²) in [7, 11) is 0. The van der Waals surface area contributed by atoms with E-state index in [1.54, 1.807) is 0 Å². The van der Waals surface area contributed by atoms with Crippen LogP contribution in [0.5, 0.6) is 0 Å². The van der Waals surface area contributed by atoms with Crippen molar-refractivity contribution in [3.05, 3.63) is 12.2 Å². The van der Waals surface area contributed by atoms with Gasteiger partial charge in [-0.1, -0.05) is 60.6 Å². The number of rotatable bonds is 7. The Morgan fingerprint density at radius 1 is 0.712 bits per heavy atom. The molecule has 0 radical (unpaired) electrons. The second kappa shape index (κ2) is 14.0. The summed E-state index contributed by atoms with van der Waals surface area (Å²) in [4.78, 5) is 52.2. The first-order chi connectivity index (χ1) is 27.7. The van der Waals surface area contributed by atoms with Crippen molar-refractivity contribution in [1.29, 1.82) is 0 Å². The molecule has 1 spiro atoms. The van der Waals surface area contributed by atoms with Gasteiger partial charge in [0.15, 0.2) is 11.9 Å². The first-order valence-corrected chi connectivity index (χ1v) is 23.6. The zero-order valence-corrected chi connectivity index (χ0v) is 37.6. The van der Waals surface area contributed by atoms with Crippen LogP contribution in [0.15, 0.2) is 12.2 Å². The van der Waals surface area contributed by atoms with Crippen LogP contribution in [0.25, 0.3) is 0 Å². The maximum atomic E-state index is 13.6. The van der Waals surface area contributed by atoms with Gasteiger partial charge in [0.1, 0.15) is 6.10 Å². The second-order valence-corrected chi connectivity index (χ2v) is 23.2. The number of carbonyl (C=O) groups excluding carboxylic acids is 2. The minimum atomic E-state index is -0.910. The fourth-order valence-corrected chi connectivity index (χ4v) is 17.3. The van der Waals surface area contributed by atoms with E-state index in [2.05, 4.69) is 62.0 Å². The van der Waals surface area contributed by atoms with E-state index in [-0.39, 0.29) is 76.2 Å². The van der Waals surface area contributed by atoms with Crippen molar-refractivity contribution >= 4 is 17.9 Å². The van der Waals surface area contributed by atoms with Crippen molar-refractivity contribution in [2.75, 3.05) is 0 Å². The highest BCUT2D eigenvalue weighted by molar-refractivity contribution is 5.78. The molecule has 10 heteroatoms. The fraction of sp³-hybridized carbons (Fsp3) is 0.898. The molecule has 6 aliphatic carbocycles. The molecule has 330 valence electrons. The zero-order chi connectivity index (χ0) is 42.3. The third kappa shape index (κ3) is 5.85. The van der Waals surface area contributed by atoms with Gasteiger partial charge in [-0.3, -0.25) is 14.4 Å². The molecule has 2 bridgehead atoms. The Kier molecular flexibility index (Phi) is 10.0. The molecule has 18 atom stereocenters. The van der Waals surface area contributed by atoms with Gasteiger partial charge in [0.05, 0.1) is 18.3 Å². The van der Waals surface area contributed by atoms with E-state index in [0.717, 1.165) is 89.0 Å². The van der Waals surface area contributed by atoms with E-state index in [1.165, 1.54) is 0 Å². The Morgan fingerprint density at radius 2 is 1.42 bits per heavy atom. The molecule has 4 heterocycles. The van der Waals surface area contributed by atoms with Crippen LogP contribution in [0.1, 0.15) is 165 Å². The Morgan fingerprint density at radius 3 is 2.14 bits per heavy atom. The zero-order valence-electron chi connectivity index (χ0n) is 37.6. The van der Waals surface area contributed by atoms with E-state index in [0.29, 0.717) is 30.1 Å². The quantitative estimate of drug-likeness (QED) is 0.151. The molecule has 0 aromatic rings. The van der Waals surface area contributed by atoms with Crippen LogP contribution >= 0.6 is 0 Å². The summed E-state index contributed by atoms with van der Waals surface area (Å²) in [5.74, 6) is -0.00556. The summed E-state index contributed by atoms with van der Waals surface area (Å²) >= 11 is 0. The summed E-state index contributed by atoms with van der Waals surface area (Å²) in [6.07, 6.45) is 11.4. The lowest BCUT2D eigenvalue weighted by Gasteiger charge is -2.72. The first-order valence-electron chi connectivity index (χ1n) is 23.6. The number of esters is 2. The van der Waals surface area contributed by atoms with Crippen LogP contribution < -0.4 is 0 Å². The Labute approximate surface area is 352 Å². The van der Waals surface area contributed by atoms with Gasteiger partial charge in [-0.2, -0.15) is 0 Å². The minimum absolute atomic E-state index is 0.0407. The van der Waals surface area contributed by atoms with Crippen LogP contribution in [-0.2, 0) is 43.1 Å². The molecule has 4 aliphatic heterocycles. The summed E-state index contributed by atoms with van der Waals surface area (Å²) in [5, 5.41) is 10.7. The summed E-state index contributed by atoms with van der Waals surface area (Å²) in [6.45, 7) is 25.0. The molecule has 0 aromatic carbocycles. The highest BCUT2D eigenvalue weighted by Crippen LogP contribution is 2.77. The molecular formula is C49H74O10. The standard InChI is InChI=1S/C49H74O10/c1-27(2)30-17-24-48(41(52)53)26-25-45(8)33(39(30)48)13-14-35-44(7)21-20-36(43(5,6)34(44)19-22-46(35,45)9)54-37(50)15-16-38(51)55-40-29(4)32-12-11-28(3)31-18-23-47(10)57-42(56-40)49(31,32)59-58-47/h28-36,39-40,42H,1,11-26H2,2-10H3,(H,52,53)/t28-,29-,30+,31+,32+,33-,34+,35-,36+,39-,40-,42-,44+,45-,46-,47-,48+,49-/m1/s1.